The fourth-order valence-electron chi connectivity index (χ4n) is 5.20. The van der Waals surface area contributed by atoms with E-state index in [4.69, 9.17) is 14.8 Å². The van der Waals surface area contributed by atoms with Gasteiger partial charge >= 0.3 is 0 Å². The molecule has 39 heavy (non-hydrogen) atoms. The number of para-hydroxylation sites is 2. The summed E-state index contributed by atoms with van der Waals surface area (Å²) in [4.78, 5) is 18.7. The number of hydrogen-bond donors (Lipinski definition) is 0. The molecule has 6 nitrogen and oxygen atoms in total. The van der Waals surface area contributed by atoms with Crippen LogP contribution in [0.2, 0.25) is 0 Å². The van der Waals surface area contributed by atoms with Crippen molar-refractivity contribution in [1.29, 1.82) is 0 Å². The Bertz CT molecular complexity index is 1790. The minimum Gasteiger partial charge on any atom is -0.496 e. The second-order valence-corrected chi connectivity index (χ2v) is 10.3. The molecule has 0 N–H and O–H groups in total. The molecule has 0 aliphatic carbocycles. The summed E-state index contributed by atoms with van der Waals surface area (Å²) in [5.41, 5.74) is 8.71. The molecule has 0 saturated carbocycles. The summed E-state index contributed by atoms with van der Waals surface area (Å²) < 4.78 is 9.31. The summed E-state index contributed by atoms with van der Waals surface area (Å²) >= 11 is 0. The number of nitrogens with zero attached hydrogens (tertiary/aromatic N) is 4. The van der Waals surface area contributed by atoms with E-state index < -0.39 is 0 Å². The number of aromatic nitrogens is 3. The van der Waals surface area contributed by atoms with E-state index in [1.165, 1.54) is 10.2 Å². The van der Waals surface area contributed by atoms with Gasteiger partial charge in [0.25, 0.3) is 5.56 Å². The zero-order chi connectivity index (χ0) is 27.8. The van der Waals surface area contributed by atoms with Crippen LogP contribution < -0.4 is 10.3 Å². The molecule has 5 aromatic rings. The lowest BCUT2D eigenvalue weighted by Gasteiger charge is -2.17. The number of methoxy groups -OCH3 is 1. The van der Waals surface area contributed by atoms with E-state index in [1.807, 2.05) is 43.3 Å². The number of aryl methyl sites for hydroxylation is 3. The molecule has 6 heteroatoms. The Morgan fingerprint density at radius 3 is 2.36 bits per heavy atom. The van der Waals surface area contributed by atoms with Gasteiger partial charge in [0.1, 0.15) is 5.75 Å². The molecule has 0 spiro atoms. The summed E-state index contributed by atoms with van der Waals surface area (Å²) in [5, 5.41) is 5.29. The summed E-state index contributed by atoms with van der Waals surface area (Å²) in [6.45, 7) is 12.5. The Morgan fingerprint density at radius 2 is 1.64 bits per heavy atom. The predicted molar refractivity (Wildman–Crippen MR) is 160 cm³/mol. The van der Waals surface area contributed by atoms with E-state index in [-0.39, 0.29) is 11.5 Å². The summed E-state index contributed by atoms with van der Waals surface area (Å²) in [5.74, 6) is 1.56. The topological polar surface area (TPSA) is 61.4 Å². The zero-order valence-corrected chi connectivity index (χ0v) is 23.6. The summed E-state index contributed by atoms with van der Waals surface area (Å²) in [6, 6.07) is 21.9. The van der Waals surface area contributed by atoms with Gasteiger partial charge in [-0.25, -0.2) is 4.98 Å². The number of hydrogen-bond acceptors (Lipinski definition) is 4. The van der Waals surface area contributed by atoms with Gasteiger partial charge in [-0.1, -0.05) is 44.2 Å². The van der Waals surface area contributed by atoms with Gasteiger partial charge in [-0.15, -0.1) is 0 Å². The van der Waals surface area contributed by atoms with Crippen molar-refractivity contribution >= 4 is 17.1 Å². The van der Waals surface area contributed by atoms with Crippen LogP contribution in [0.5, 0.6) is 5.75 Å². The van der Waals surface area contributed by atoms with Crippen molar-refractivity contribution in [3.05, 3.63) is 111 Å². The standard InChI is InChI=1S/C33H34N4O2/c1-20(2)27-18-28(22(4)16-31(27)39-7)32-35-29-14-10-9-13-26(29)33(38)37(32)34-19-25-17-23(5)36(24(25)6)30-15-11-8-12-21(30)3/h8-20H,1-7H3. The van der Waals surface area contributed by atoms with E-state index in [9.17, 15) is 4.79 Å². The van der Waals surface area contributed by atoms with Crippen molar-refractivity contribution in [2.24, 2.45) is 5.10 Å². The largest absolute Gasteiger partial charge is 0.496 e. The highest BCUT2D eigenvalue weighted by atomic mass is 16.5. The monoisotopic (exact) mass is 518 g/mol. The molecular formula is C33H34N4O2. The molecule has 0 aliphatic rings. The fraction of sp³-hybridized carbons (Fsp3) is 0.242. The molecule has 2 heterocycles. The highest BCUT2D eigenvalue weighted by Crippen LogP contribution is 2.34. The summed E-state index contributed by atoms with van der Waals surface area (Å²) in [7, 11) is 1.68. The normalized spacial score (nSPS) is 11.7. The van der Waals surface area contributed by atoms with Gasteiger partial charge in [0.05, 0.1) is 24.2 Å². The molecule has 3 aromatic carbocycles. The fourth-order valence-corrected chi connectivity index (χ4v) is 5.20. The molecule has 198 valence electrons. The maximum absolute atomic E-state index is 13.8. The maximum Gasteiger partial charge on any atom is 0.282 e. The first-order chi connectivity index (χ1) is 18.7. The van der Waals surface area contributed by atoms with Crippen molar-refractivity contribution in [3.8, 4) is 22.8 Å². The Labute approximate surface area is 229 Å². The van der Waals surface area contributed by atoms with Crippen LogP contribution in [0.3, 0.4) is 0 Å². The molecule has 0 amide bonds. The molecule has 0 atom stereocenters. The average Bonchev–Trinajstić information content (AvgIpc) is 3.20. The number of benzene rings is 3. The molecule has 0 fully saturated rings. The van der Waals surface area contributed by atoms with Crippen LogP contribution in [0.1, 0.15) is 53.4 Å². The number of fused-ring (bicyclic) bond motifs is 1. The molecule has 0 radical (unpaired) electrons. The van der Waals surface area contributed by atoms with Crippen molar-refractivity contribution in [2.75, 3.05) is 7.11 Å². The number of rotatable bonds is 6. The van der Waals surface area contributed by atoms with E-state index >= 15 is 0 Å². The van der Waals surface area contributed by atoms with Crippen molar-refractivity contribution < 1.29 is 4.74 Å². The van der Waals surface area contributed by atoms with E-state index in [0.717, 1.165) is 45.1 Å². The van der Waals surface area contributed by atoms with E-state index in [1.54, 1.807) is 19.4 Å². The predicted octanol–water partition coefficient (Wildman–Crippen LogP) is 7.10. The second-order valence-electron chi connectivity index (χ2n) is 10.3. The third kappa shape index (κ3) is 4.67. The SMILES string of the molecule is COc1cc(C)c(-c2nc3ccccc3c(=O)n2N=Cc2cc(C)n(-c3ccccc3C)c2C)cc1C(C)C. The average molecular weight is 519 g/mol. The molecule has 0 bridgehead atoms. The van der Waals surface area contributed by atoms with Crippen LogP contribution in [0, 0.1) is 27.7 Å². The highest BCUT2D eigenvalue weighted by molar-refractivity contribution is 5.84. The lowest BCUT2D eigenvalue weighted by Crippen LogP contribution is -2.21. The van der Waals surface area contributed by atoms with Crippen LogP contribution in [-0.2, 0) is 0 Å². The quantitative estimate of drug-likeness (QED) is 0.225. The third-order valence-corrected chi connectivity index (χ3v) is 7.33. The van der Waals surface area contributed by atoms with E-state index in [0.29, 0.717) is 16.7 Å². The molecule has 2 aromatic heterocycles. The molecular weight excluding hydrogens is 484 g/mol. The molecule has 0 aliphatic heterocycles. The van der Waals surface area contributed by atoms with Crippen molar-refractivity contribution in [3.63, 3.8) is 0 Å². The molecule has 0 saturated heterocycles. The first kappa shape index (κ1) is 26.2. The van der Waals surface area contributed by atoms with Gasteiger partial charge in [0.2, 0.25) is 0 Å². The Hall–Kier alpha value is -4.45. The van der Waals surface area contributed by atoms with Crippen LogP contribution in [0.15, 0.2) is 76.6 Å². The van der Waals surface area contributed by atoms with Gasteiger partial charge in [-0.05, 0) is 86.7 Å². The smallest absolute Gasteiger partial charge is 0.282 e. The molecule has 5 rings (SSSR count). The Morgan fingerprint density at radius 1 is 0.923 bits per heavy atom. The zero-order valence-electron chi connectivity index (χ0n) is 23.6. The van der Waals surface area contributed by atoms with Crippen LogP contribution in [-0.4, -0.2) is 27.6 Å². The van der Waals surface area contributed by atoms with Crippen LogP contribution in [0.4, 0.5) is 0 Å². The van der Waals surface area contributed by atoms with Gasteiger partial charge in [0.15, 0.2) is 5.82 Å². The first-order valence-electron chi connectivity index (χ1n) is 13.2. The van der Waals surface area contributed by atoms with Crippen LogP contribution in [0.25, 0.3) is 28.0 Å². The number of ether oxygens (including phenoxy) is 1. The first-order valence-corrected chi connectivity index (χ1v) is 13.2. The Balaban J connectivity index is 1.72. The van der Waals surface area contributed by atoms with Crippen molar-refractivity contribution in [1.82, 2.24) is 14.2 Å². The molecule has 0 unspecified atom stereocenters. The third-order valence-electron chi connectivity index (χ3n) is 7.33. The van der Waals surface area contributed by atoms with Gasteiger partial charge in [0, 0.05) is 28.2 Å². The van der Waals surface area contributed by atoms with E-state index in [2.05, 4.69) is 63.5 Å². The lowest BCUT2D eigenvalue weighted by atomic mass is 9.96. The van der Waals surface area contributed by atoms with Gasteiger partial charge < -0.3 is 9.30 Å². The summed E-state index contributed by atoms with van der Waals surface area (Å²) in [6.07, 6.45) is 1.76. The lowest BCUT2D eigenvalue weighted by molar-refractivity contribution is 0.407. The maximum atomic E-state index is 13.8. The minimum atomic E-state index is -0.208. The highest BCUT2D eigenvalue weighted by Gasteiger charge is 2.19. The minimum absolute atomic E-state index is 0.208. The van der Waals surface area contributed by atoms with Crippen molar-refractivity contribution in [2.45, 2.75) is 47.5 Å². The second kappa shape index (κ2) is 10.4. The van der Waals surface area contributed by atoms with Gasteiger partial charge in [-0.2, -0.15) is 9.78 Å². The van der Waals surface area contributed by atoms with Crippen LogP contribution >= 0.6 is 0 Å². The Kier molecular flexibility index (Phi) is 6.96. The van der Waals surface area contributed by atoms with Gasteiger partial charge in [-0.3, -0.25) is 4.79 Å².